The highest BCUT2D eigenvalue weighted by molar-refractivity contribution is 7.12. The third-order valence-electron chi connectivity index (χ3n) is 4.28. The predicted octanol–water partition coefficient (Wildman–Crippen LogP) is 4.90. The molecule has 0 aliphatic heterocycles. The number of carboxylic acids is 1. The van der Waals surface area contributed by atoms with E-state index < -0.39 is 11.4 Å². The summed E-state index contributed by atoms with van der Waals surface area (Å²) in [5.74, 6) is -0.833. The maximum absolute atomic E-state index is 12.3. The molecule has 0 spiro atoms. The van der Waals surface area contributed by atoms with Crippen molar-refractivity contribution >= 4 is 23.1 Å². The van der Waals surface area contributed by atoms with Crippen LogP contribution in [0.2, 0.25) is 0 Å². The second-order valence-corrected chi connectivity index (χ2v) is 6.93. The zero-order valence-electron chi connectivity index (χ0n) is 13.5. The van der Waals surface area contributed by atoms with Crippen LogP contribution in [-0.4, -0.2) is 16.9 Å². The fourth-order valence-corrected chi connectivity index (χ4v) is 3.33. The number of hydrogen-bond donors (Lipinski definition) is 1. The van der Waals surface area contributed by atoms with Gasteiger partial charge in [0.1, 0.15) is 0 Å². The van der Waals surface area contributed by atoms with Gasteiger partial charge < -0.3 is 5.11 Å². The Morgan fingerprint density at radius 1 is 1.13 bits per heavy atom. The van der Waals surface area contributed by atoms with Crippen LogP contribution in [0.25, 0.3) is 0 Å². The maximum Gasteiger partial charge on any atom is 0.313 e. The van der Waals surface area contributed by atoms with E-state index in [0.29, 0.717) is 16.9 Å². The van der Waals surface area contributed by atoms with Crippen LogP contribution < -0.4 is 0 Å². The highest BCUT2D eigenvalue weighted by Crippen LogP contribution is 2.31. The first-order valence-corrected chi connectivity index (χ1v) is 8.79. The van der Waals surface area contributed by atoms with Gasteiger partial charge in [-0.1, -0.05) is 56.5 Å². The molecule has 1 atom stereocenters. The Labute approximate surface area is 141 Å². The molecule has 0 saturated carbocycles. The van der Waals surface area contributed by atoms with Crippen LogP contribution in [0.3, 0.4) is 0 Å². The Morgan fingerprint density at radius 3 is 2.35 bits per heavy atom. The minimum absolute atomic E-state index is 0.0189. The molecule has 1 N–H and O–H groups in total. The van der Waals surface area contributed by atoms with Crippen LogP contribution in [0.15, 0.2) is 41.8 Å². The van der Waals surface area contributed by atoms with Crippen LogP contribution in [0.1, 0.15) is 60.3 Å². The molecule has 0 fully saturated rings. The van der Waals surface area contributed by atoms with Crippen LogP contribution in [0, 0.1) is 0 Å². The number of hydrogen-bond acceptors (Lipinski definition) is 3. The van der Waals surface area contributed by atoms with Crippen molar-refractivity contribution < 1.29 is 14.7 Å². The van der Waals surface area contributed by atoms with E-state index in [1.54, 1.807) is 37.3 Å². The second-order valence-electron chi connectivity index (χ2n) is 5.98. The standard InChI is InChI=1S/C19H22O3S/c1-3-4-5-12-19(2,18(21)22)15-10-8-14(9-11-15)17(20)16-7-6-13-23-16/h6-11,13H,3-5,12H2,1-2H3,(H,21,22). The van der Waals surface area contributed by atoms with Gasteiger partial charge in [-0.25, -0.2) is 0 Å². The Kier molecular flexibility index (Phi) is 5.72. The molecule has 0 aliphatic rings. The topological polar surface area (TPSA) is 54.4 Å². The van der Waals surface area contributed by atoms with Crippen LogP contribution >= 0.6 is 11.3 Å². The molecule has 0 aliphatic carbocycles. The molecule has 3 nitrogen and oxygen atoms in total. The van der Waals surface area contributed by atoms with Crippen LogP contribution in [0.5, 0.6) is 0 Å². The SMILES string of the molecule is CCCCCC(C)(C(=O)O)c1ccc(C(=O)c2cccs2)cc1. The van der Waals surface area contributed by atoms with Gasteiger partial charge in [-0.15, -0.1) is 11.3 Å². The molecule has 0 bridgehead atoms. The third kappa shape index (κ3) is 3.88. The Balaban J connectivity index is 2.22. The Morgan fingerprint density at radius 2 is 1.83 bits per heavy atom. The van der Waals surface area contributed by atoms with Crippen molar-refractivity contribution in [3.8, 4) is 0 Å². The number of carbonyl (C=O) groups excluding carboxylic acids is 1. The molecule has 1 aromatic carbocycles. The fraction of sp³-hybridized carbons (Fsp3) is 0.368. The monoisotopic (exact) mass is 330 g/mol. The van der Waals surface area contributed by atoms with Gasteiger partial charge >= 0.3 is 5.97 Å². The number of rotatable bonds is 8. The summed E-state index contributed by atoms with van der Waals surface area (Å²) >= 11 is 1.41. The summed E-state index contributed by atoms with van der Waals surface area (Å²) in [5.41, 5.74) is 0.445. The normalized spacial score (nSPS) is 13.5. The molecule has 23 heavy (non-hydrogen) atoms. The first-order valence-electron chi connectivity index (χ1n) is 7.91. The highest BCUT2D eigenvalue weighted by atomic mass is 32.1. The summed E-state index contributed by atoms with van der Waals surface area (Å²) < 4.78 is 0. The number of unbranched alkanes of at least 4 members (excludes halogenated alkanes) is 2. The lowest BCUT2D eigenvalue weighted by atomic mass is 9.78. The van der Waals surface area contributed by atoms with Crippen LogP contribution in [-0.2, 0) is 10.2 Å². The summed E-state index contributed by atoms with van der Waals surface area (Å²) in [6.45, 7) is 3.87. The van der Waals surface area contributed by atoms with Gasteiger partial charge in [0.2, 0.25) is 5.78 Å². The molecule has 1 unspecified atom stereocenters. The molecular weight excluding hydrogens is 308 g/mol. The van der Waals surface area contributed by atoms with Crippen molar-refractivity contribution in [1.29, 1.82) is 0 Å². The van der Waals surface area contributed by atoms with Crippen molar-refractivity contribution in [3.05, 3.63) is 57.8 Å². The summed E-state index contributed by atoms with van der Waals surface area (Å²) in [6.07, 6.45) is 3.57. The molecule has 0 radical (unpaired) electrons. The minimum Gasteiger partial charge on any atom is -0.481 e. The maximum atomic E-state index is 12.3. The lowest BCUT2D eigenvalue weighted by Gasteiger charge is -2.25. The largest absolute Gasteiger partial charge is 0.481 e. The number of carbonyl (C=O) groups is 2. The quantitative estimate of drug-likeness (QED) is 0.553. The molecule has 122 valence electrons. The number of aliphatic carboxylic acids is 1. The lowest BCUT2D eigenvalue weighted by molar-refractivity contribution is -0.143. The summed E-state index contributed by atoms with van der Waals surface area (Å²) in [6, 6.07) is 10.7. The average molecular weight is 330 g/mol. The number of carboxylic acid groups (broad SMARTS) is 1. The molecule has 0 saturated heterocycles. The van der Waals surface area contributed by atoms with E-state index in [1.807, 2.05) is 11.4 Å². The third-order valence-corrected chi connectivity index (χ3v) is 5.15. The van der Waals surface area contributed by atoms with Gasteiger partial charge in [-0.2, -0.15) is 0 Å². The number of ketones is 1. The molecule has 2 rings (SSSR count). The molecule has 1 aromatic heterocycles. The van der Waals surface area contributed by atoms with E-state index in [1.165, 1.54) is 11.3 Å². The van der Waals surface area contributed by atoms with Crippen molar-refractivity contribution in [2.75, 3.05) is 0 Å². The molecular formula is C19H22O3S. The van der Waals surface area contributed by atoms with E-state index in [2.05, 4.69) is 6.92 Å². The second kappa shape index (κ2) is 7.55. The van der Waals surface area contributed by atoms with Crippen molar-refractivity contribution in [2.24, 2.45) is 0 Å². The van der Waals surface area contributed by atoms with Gasteiger partial charge in [0.25, 0.3) is 0 Å². The molecule has 1 heterocycles. The average Bonchev–Trinajstić information content (AvgIpc) is 3.08. The molecule has 2 aromatic rings. The van der Waals surface area contributed by atoms with Gasteiger partial charge in [0, 0.05) is 5.56 Å². The number of benzene rings is 1. The Bertz CT molecular complexity index is 658. The summed E-state index contributed by atoms with van der Waals surface area (Å²) in [4.78, 5) is 24.8. The highest BCUT2D eigenvalue weighted by Gasteiger charge is 2.34. The van der Waals surface area contributed by atoms with Gasteiger partial charge in [-0.05, 0) is 30.4 Å². The first-order chi connectivity index (χ1) is 11.0. The fourth-order valence-electron chi connectivity index (χ4n) is 2.64. The van der Waals surface area contributed by atoms with Gasteiger partial charge in [0.05, 0.1) is 10.3 Å². The lowest BCUT2D eigenvalue weighted by Crippen LogP contribution is -2.32. The van der Waals surface area contributed by atoms with Gasteiger partial charge in [0.15, 0.2) is 0 Å². The van der Waals surface area contributed by atoms with Crippen molar-refractivity contribution in [2.45, 2.75) is 44.9 Å². The molecule has 0 amide bonds. The van der Waals surface area contributed by atoms with E-state index in [0.717, 1.165) is 24.8 Å². The van der Waals surface area contributed by atoms with E-state index in [9.17, 15) is 14.7 Å². The van der Waals surface area contributed by atoms with Crippen LogP contribution in [0.4, 0.5) is 0 Å². The zero-order valence-corrected chi connectivity index (χ0v) is 14.4. The predicted molar refractivity (Wildman–Crippen MR) is 93.3 cm³/mol. The Hall–Kier alpha value is -1.94. The summed E-state index contributed by atoms with van der Waals surface area (Å²) in [7, 11) is 0. The van der Waals surface area contributed by atoms with Crippen molar-refractivity contribution in [1.82, 2.24) is 0 Å². The van der Waals surface area contributed by atoms with E-state index in [-0.39, 0.29) is 5.78 Å². The zero-order chi connectivity index (χ0) is 16.9. The first kappa shape index (κ1) is 17.4. The minimum atomic E-state index is -0.903. The van der Waals surface area contributed by atoms with E-state index >= 15 is 0 Å². The number of thiophene rings is 1. The smallest absolute Gasteiger partial charge is 0.313 e. The molecule has 4 heteroatoms. The van der Waals surface area contributed by atoms with E-state index in [4.69, 9.17) is 0 Å². The van der Waals surface area contributed by atoms with Gasteiger partial charge in [-0.3, -0.25) is 9.59 Å². The van der Waals surface area contributed by atoms with Crippen molar-refractivity contribution in [3.63, 3.8) is 0 Å². The summed E-state index contributed by atoms with van der Waals surface area (Å²) in [5, 5.41) is 11.5.